The molecule has 0 saturated heterocycles. The SMILES string of the molecule is CC(C)Oc1ccc(CCc2ccc([C@@H]3CC[C@@](N)(COP(=O)(O)O)C3)cc2)cc1. The van der Waals surface area contributed by atoms with Crippen LogP contribution in [0.2, 0.25) is 0 Å². The molecule has 4 N–H and O–H groups in total. The van der Waals surface area contributed by atoms with Gasteiger partial charge in [0.25, 0.3) is 0 Å². The Kier molecular flexibility index (Phi) is 7.38. The Morgan fingerprint density at radius 1 is 1.07 bits per heavy atom. The first-order chi connectivity index (χ1) is 14.1. The van der Waals surface area contributed by atoms with Gasteiger partial charge < -0.3 is 20.3 Å². The van der Waals surface area contributed by atoms with E-state index in [0.29, 0.717) is 12.8 Å². The summed E-state index contributed by atoms with van der Waals surface area (Å²) in [7, 11) is -4.49. The van der Waals surface area contributed by atoms with Gasteiger partial charge in [0.1, 0.15) is 5.75 Å². The number of hydrogen-bond acceptors (Lipinski definition) is 4. The van der Waals surface area contributed by atoms with E-state index < -0.39 is 13.4 Å². The maximum absolute atomic E-state index is 11.0. The van der Waals surface area contributed by atoms with Gasteiger partial charge in [0.2, 0.25) is 0 Å². The molecule has 164 valence electrons. The lowest BCUT2D eigenvalue weighted by atomic mass is 9.92. The minimum Gasteiger partial charge on any atom is -0.491 e. The molecular formula is C23H32NO5P. The van der Waals surface area contributed by atoms with E-state index in [2.05, 4.69) is 40.9 Å². The van der Waals surface area contributed by atoms with Crippen LogP contribution in [0.4, 0.5) is 0 Å². The van der Waals surface area contributed by atoms with Gasteiger partial charge in [-0.3, -0.25) is 4.52 Å². The molecule has 0 bridgehead atoms. The van der Waals surface area contributed by atoms with Gasteiger partial charge >= 0.3 is 7.82 Å². The standard InChI is InChI=1S/C23H32NO5P/c1-17(2)29-22-11-7-19(8-12-22)4-3-18-5-9-20(10-6-18)21-13-14-23(24,15-21)16-28-30(25,26)27/h5-12,17,21H,3-4,13-16,24H2,1-2H3,(H2,25,26,27)/t21-,23+/m1/s1. The van der Waals surface area contributed by atoms with Crippen molar-refractivity contribution in [2.24, 2.45) is 5.73 Å². The van der Waals surface area contributed by atoms with Crippen LogP contribution in [0.5, 0.6) is 5.75 Å². The summed E-state index contributed by atoms with van der Waals surface area (Å²) < 4.78 is 21.3. The van der Waals surface area contributed by atoms with E-state index in [-0.39, 0.29) is 18.6 Å². The smallest absolute Gasteiger partial charge is 0.469 e. The van der Waals surface area contributed by atoms with E-state index in [1.165, 1.54) is 16.7 Å². The first kappa shape index (κ1) is 23.0. The third-order valence-corrected chi connectivity index (χ3v) is 6.08. The molecule has 1 fully saturated rings. The van der Waals surface area contributed by atoms with Crippen molar-refractivity contribution in [3.05, 3.63) is 65.2 Å². The third kappa shape index (κ3) is 6.93. The van der Waals surface area contributed by atoms with E-state index >= 15 is 0 Å². The predicted octanol–water partition coefficient (Wildman–Crippen LogP) is 4.33. The number of phosphoric ester groups is 1. The van der Waals surface area contributed by atoms with Gasteiger partial charge in [-0.2, -0.15) is 0 Å². The quantitative estimate of drug-likeness (QED) is 0.509. The van der Waals surface area contributed by atoms with Crippen molar-refractivity contribution in [3.8, 4) is 5.75 Å². The molecule has 1 aliphatic rings. The monoisotopic (exact) mass is 433 g/mol. The van der Waals surface area contributed by atoms with Crippen molar-refractivity contribution in [1.82, 2.24) is 0 Å². The Labute approximate surface area is 178 Å². The summed E-state index contributed by atoms with van der Waals surface area (Å²) in [5, 5.41) is 0. The number of ether oxygens (including phenoxy) is 1. The zero-order valence-corrected chi connectivity index (χ0v) is 18.6. The Morgan fingerprint density at radius 3 is 2.17 bits per heavy atom. The van der Waals surface area contributed by atoms with Crippen molar-refractivity contribution in [1.29, 1.82) is 0 Å². The molecule has 3 rings (SSSR count). The average molecular weight is 433 g/mol. The van der Waals surface area contributed by atoms with Gasteiger partial charge in [0.05, 0.1) is 12.7 Å². The maximum atomic E-state index is 11.0. The number of benzene rings is 2. The lowest BCUT2D eigenvalue weighted by Crippen LogP contribution is -2.41. The van der Waals surface area contributed by atoms with Crippen LogP contribution in [0.25, 0.3) is 0 Å². The molecule has 2 aromatic rings. The van der Waals surface area contributed by atoms with Crippen molar-refractivity contribution in [3.63, 3.8) is 0 Å². The highest BCUT2D eigenvalue weighted by atomic mass is 31.2. The molecule has 0 unspecified atom stereocenters. The first-order valence-electron chi connectivity index (χ1n) is 10.5. The molecule has 6 nitrogen and oxygen atoms in total. The molecule has 1 aliphatic carbocycles. The molecular weight excluding hydrogens is 401 g/mol. The fourth-order valence-corrected chi connectivity index (χ4v) is 4.46. The Bertz CT molecular complexity index is 862. The van der Waals surface area contributed by atoms with Crippen molar-refractivity contribution < 1.29 is 23.6 Å². The summed E-state index contributed by atoms with van der Waals surface area (Å²) in [6.45, 7) is 3.92. The largest absolute Gasteiger partial charge is 0.491 e. The van der Waals surface area contributed by atoms with Gasteiger partial charge in [-0.25, -0.2) is 4.57 Å². The molecule has 0 amide bonds. The summed E-state index contributed by atoms with van der Waals surface area (Å²) in [6, 6.07) is 16.9. The van der Waals surface area contributed by atoms with Crippen LogP contribution in [-0.2, 0) is 21.9 Å². The van der Waals surface area contributed by atoms with Crippen LogP contribution in [0.3, 0.4) is 0 Å². The molecule has 30 heavy (non-hydrogen) atoms. The number of nitrogens with two attached hydrogens (primary N) is 1. The molecule has 0 aromatic heterocycles. The van der Waals surface area contributed by atoms with E-state index in [4.69, 9.17) is 20.3 Å². The molecule has 7 heteroatoms. The summed E-state index contributed by atoms with van der Waals surface area (Å²) in [5.74, 6) is 1.19. The first-order valence-corrected chi connectivity index (χ1v) is 12.0. The van der Waals surface area contributed by atoms with Gasteiger partial charge in [-0.05, 0) is 80.7 Å². The van der Waals surface area contributed by atoms with Gasteiger partial charge in [-0.15, -0.1) is 0 Å². The van der Waals surface area contributed by atoms with Gasteiger partial charge in [0.15, 0.2) is 0 Å². The molecule has 0 spiro atoms. The van der Waals surface area contributed by atoms with Crippen LogP contribution < -0.4 is 10.5 Å². The Balaban J connectivity index is 1.51. The van der Waals surface area contributed by atoms with E-state index in [9.17, 15) is 4.57 Å². The van der Waals surface area contributed by atoms with Crippen LogP contribution in [-0.4, -0.2) is 28.0 Å². The van der Waals surface area contributed by atoms with E-state index in [1.54, 1.807) is 0 Å². The van der Waals surface area contributed by atoms with Crippen molar-refractivity contribution >= 4 is 7.82 Å². The van der Waals surface area contributed by atoms with Crippen LogP contribution >= 0.6 is 7.82 Å². The summed E-state index contributed by atoms with van der Waals surface area (Å²) in [5.41, 5.74) is 9.39. The molecule has 0 heterocycles. The molecule has 0 radical (unpaired) electrons. The summed E-state index contributed by atoms with van der Waals surface area (Å²) >= 11 is 0. The zero-order valence-electron chi connectivity index (χ0n) is 17.7. The molecule has 2 aromatic carbocycles. The second-order valence-electron chi connectivity index (χ2n) is 8.62. The summed E-state index contributed by atoms with van der Waals surface area (Å²) in [6.07, 6.45) is 4.36. The summed E-state index contributed by atoms with van der Waals surface area (Å²) in [4.78, 5) is 17.8. The number of hydrogen-bond donors (Lipinski definition) is 3. The fraction of sp³-hybridized carbons (Fsp3) is 0.478. The van der Waals surface area contributed by atoms with Crippen LogP contribution in [0.1, 0.15) is 55.7 Å². The van der Waals surface area contributed by atoms with Gasteiger partial charge in [-0.1, -0.05) is 36.4 Å². The third-order valence-electron chi connectivity index (χ3n) is 5.61. The van der Waals surface area contributed by atoms with Crippen LogP contribution in [0, 0.1) is 0 Å². The minimum absolute atomic E-state index is 0.118. The van der Waals surface area contributed by atoms with Crippen LogP contribution in [0.15, 0.2) is 48.5 Å². The molecule has 1 saturated carbocycles. The highest BCUT2D eigenvalue weighted by Crippen LogP contribution is 2.43. The second kappa shape index (κ2) is 9.63. The van der Waals surface area contributed by atoms with E-state index in [0.717, 1.165) is 25.0 Å². The average Bonchev–Trinajstić information content (AvgIpc) is 3.08. The number of rotatable bonds is 9. The highest BCUT2D eigenvalue weighted by Gasteiger charge is 2.38. The maximum Gasteiger partial charge on any atom is 0.469 e. The van der Waals surface area contributed by atoms with Crippen molar-refractivity contribution in [2.45, 2.75) is 63.5 Å². The molecule has 0 aliphatic heterocycles. The van der Waals surface area contributed by atoms with Gasteiger partial charge in [0, 0.05) is 5.54 Å². The minimum atomic E-state index is -4.49. The number of phosphoric acid groups is 1. The fourth-order valence-electron chi connectivity index (χ4n) is 4.04. The molecule has 2 atom stereocenters. The lowest BCUT2D eigenvalue weighted by molar-refractivity contribution is 0.153. The Hall–Kier alpha value is -1.69. The normalized spacial score (nSPS) is 21.9. The zero-order chi connectivity index (χ0) is 21.8. The number of aryl methyl sites for hydroxylation is 2. The van der Waals surface area contributed by atoms with Crippen molar-refractivity contribution in [2.75, 3.05) is 6.61 Å². The topological polar surface area (TPSA) is 102 Å². The Morgan fingerprint density at radius 2 is 1.63 bits per heavy atom. The van der Waals surface area contributed by atoms with E-state index in [1.807, 2.05) is 26.0 Å². The predicted molar refractivity (Wildman–Crippen MR) is 118 cm³/mol. The lowest BCUT2D eigenvalue weighted by Gasteiger charge is -2.24. The second-order valence-corrected chi connectivity index (χ2v) is 9.86. The highest BCUT2D eigenvalue weighted by molar-refractivity contribution is 7.46.